The largest absolute Gasteiger partial charge is 0.495 e. The molecule has 3 rings (SSSR count). The molecular formula is C21H33N3O3S2. The molecule has 1 aromatic rings. The molecule has 1 saturated carbocycles. The van der Waals surface area contributed by atoms with Gasteiger partial charge in [-0.3, -0.25) is 0 Å². The third-order valence-electron chi connectivity index (χ3n) is 6.05. The van der Waals surface area contributed by atoms with E-state index in [4.69, 9.17) is 17.0 Å². The van der Waals surface area contributed by atoms with Crippen molar-refractivity contribution in [1.82, 2.24) is 9.62 Å². The Hall–Kier alpha value is -1.38. The van der Waals surface area contributed by atoms with Crippen LogP contribution in [-0.4, -0.2) is 44.1 Å². The van der Waals surface area contributed by atoms with Crippen molar-refractivity contribution < 1.29 is 13.2 Å². The molecule has 29 heavy (non-hydrogen) atoms. The molecule has 1 aromatic carbocycles. The van der Waals surface area contributed by atoms with Gasteiger partial charge in [0.05, 0.1) is 17.7 Å². The molecule has 0 aromatic heterocycles. The second kappa shape index (κ2) is 10.1. The summed E-state index contributed by atoms with van der Waals surface area (Å²) in [4.78, 5) is 0.275. The zero-order valence-corrected chi connectivity index (χ0v) is 19.1. The number of thiocarbonyl (C=S) groups is 1. The normalized spacial score (nSPS) is 23.8. The van der Waals surface area contributed by atoms with Crippen LogP contribution in [0.1, 0.15) is 58.3 Å². The van der Waals surface area contributed by atoms with Gasteiger partial charge in [0.15, 0.2) is 5.11 Å². The molecule has 1 saturated heterocycles. The second-order valence-corrected chi connectivity index (χ2v) is 10.5. The second-order valence-electron chi connectivity index (χ2n) is 8.15. The van der Waals surface area contributed by atoms with Crippen molar-refractivity contribution in [3.63, 3.8) is 0 Å². The number of hydrogen-bond acceptors (Lipinski definition) is 4. The van der Waals surface area contributed by atoms with Gasteiger partial charge < -0.3 is 15.4 Å². The average Bonchev–Trinajstić information content (AvgIpc) is 3.00. The summed E-state index contributed by atoms with van der Waals surface area (Å²) in [5, 5.41) is 7.08. The SMILES string of the molecule is COc1ccc(S(=O)(=O)N2CCCCCC2)cc1NC(=S)N[C@H]1CCCC[C@H]1C. The molecule has 0 radical (unpaired) electrons. The van der Waals surface area contributed by atoms with Gasteiger partial charge >= 0.3 is 0 Å². The van der Waals surface area contributed by atoms with E-state index in [0.29, 0.717) is 41.6 Å². The van der Waals surface area contributed by atoms with Crippen LogP contribution < -0.4 is 15.4 Å². The molecule has 0 spiro atoms. The summed E-state index contributed by atoms with van der Waals surface area (Å²) in [5.74, 6) is 1.14. The topological polar surface area (TPSA) is 70.7 Å². The predicted molar refractivity (Wildman–Crippen MR) is 121 cm³/mol. The maximum absolute atomic E-state index is 13.1. The van der Waals surface area contributed by atoms with E-state index in [2.05, 4.69) is 17.6 Å². The fourth-order valence-corrected chi connectivity index (χ4v) is 6.04. The highest BCUT2D eigenvalue weighted by molar-refractivity contribution is 7.89. The quantitative estimate of drug-likeness (QED) is 0.673. The van der Waals surface area contributed by atoms with Crippen molar-refractivity contribution in [2.75, 3.05) is 25.5 Å². The van der Waals surface area contributed by atoms with E-state index in [1.807, 2.05) is 0 Å². The van der Waals surface area contributed by atoms with Crippen LogP contribution in [0.4, 0.5) is 5.69 Å². The number of sulfonamides is 1. The monoisotopic (exact) mass is 439 g/mol. The van der Waals surface area contributed by atoms with Gasteiger partial charge in [-0.05, 0) is 62.0 Å². The average molecular weight is 440 g/mol. The minimum Gasteiger partial charge on any atom is -0.495 e. The Balaban J connectivity index is 1.76. The van der Waals surface area contributed by atoms with E-state index in [1.165, 1.54) is 19.3 Å². The molecule has 0 unspecified atom stereocenters. The van der Waals surface area contributed by atoms with Crippen LogP contribution in [0.2, 0.25) is 0 Å². The van der Waals surface area contributed by atoms with Gasteiger partial charge in [0.25, 0.3) is 0 Å². The molecular weight excluding hydrogens is 406 g/mol. The molecule has 2 N–H and O–H groups in total. The van der Waals surface area contributed by atoms with Crippen LogP contribution >= 0.6 is 12.2 Å². The molecule has 1 heterocycles. The highest BCUT2D eigenvalue weighted by Gasteiger charge is 2.26. The van der Waals surface area contributed by atoms with Gasteiger partial charge in [-0.1, -0.05) is 32.6 Å². The summed E-state index contributed by atoms with van der Waals surface area (Å²) in [5.41, 5.74) is 0.573. The summed E-state index contributed by atoms with van der Waals surface area (Å²) >= 11 is 5.52. The standard InChI is InChI=1S/C21H33N3O3S2/c1-16-9-5-6-10-18(16)22-21(28)23-19-15-17(11-12-20(19)27-2)29(25,26)24-13-7-3-4-8-14-24/h11-12,15-16,18H,3-10,13-14H2,1-2H3,(H2,22,23,28)/t16-,18+/m1/s1. The van der Waals surface area contributed by atoms with Crippen molar-refractivity contribution in [1.29, 1.82) is 0 Å². The third kappa shape index (κ3) is 5.61. The summed E-state index contributed by atoms with van der Waals surface area (Å²) in [7, 11) is -1.96. The number of nitrogens with one attached hydrogen (secondary N) is 2. The van der Waals surface area contributed by atoms with Crippen LogP contribution in [0.25, 0.3) is 0 Å². The Labute approximate surface area is 180 Å². The Bertz CT molecular complexity index is 805. The third-order valence-corrected chi connectivity index (χ3v) is 8.16. The van der Waals surface area contributed by atoms with Crippen LogP contribution in [0.3, 0.4) is 0 Å². The van der Waals surface area contributed by atoms with Crippen LogP contribution in [0.15, 0.2) is 23.1 Å². The molecule has 2 fully saturated rings. The highest BCUT2D eigenvalue weighted by atomic mass is 32.2. The smallest absolute Gasteiger partial charge is 0.243 e. The molecule has 0 bridgehead atoms. The number of hydrogen-bond donors (Lipinski definition) is 2. The summed E-state index contributed by atoms with van der Waals surface area (Å²) in [6.45, 7) is 3.40. The summed E-state index contributed by atoms with van der Waals surface area (Å²) < 4.78 is 33.3. The minimum atomic E-state index is -3.53. The van der Waals surface area contributed by atoms with Crippen LogP contribution in [-0.2, 0) is 10.0 Å². The lowest BCUT2D eigenvalue weighted by molar-refractivity contribution is 0.309. The maximum Gasteiger partial charge on any atom is 0.243 e. The number of nitrogens with zero attached hydrogens (tertiary/aromatic N) is 1. The van der Waals surface area contributed by atoms with Gasteiger partial charge in [0.2, 0.25) is 10.0 Å². The zero-order chi connectivity index (χ0) is 20.9. The first-order valence-corrected chi connectivity index (χ1v) is 12.5. The summed E-state index contributed by atoms with van der Waals surface area (Å²) in [6, 6.07) is 5.29. The zero-order valence-electron chi connectivity index (χ0n) is 17.4. The van der Waals surface area contributed by atoms with Gasteiger partial charge in [0.1, 0.15) is 5.75 Å². The van der Waals surface area contributed by atoms with Gasteiger partial charge in [-0.15, -0.1) is 0 Å². The molecule has 0 amide bonds. The van der Waals surface area contributed by atoms with Crippen LogP contribution in [0, 0.1) is 5.92 Å². The summed E-state index contributed by atoms with van der Waals surface area (Å²) in [6.07, 6.45) is 8.77. The Morgan fingerprint density at radius 1 is 1.10 bits per heavy atom. The van der Waals surface area contributed by atoms with Crippen molar-refractivity contribution >= 4 is 33.0 Å². The molecule has 1 aliphatic carbocycles. The number of rotatable bonds is 5. The van der Waals surface area contributed by atoms with E-state index in [0.717, 1.165) is 32.1 Å². The molecule has 6 nitrogen and oxygen atoms in total. The van der Waals surface area contributed by atoms with Crippen molar-refractivity contribution in [2.45, 2.75) is 69.2 Å². The van der Waals surface area contributed by atoms with E-state index < -0.39 is 10.0 Å². The van der Waals surface area contributed by atoms with Crippen molar-refractivity contribution in [2.24, 2.45) is 5.92 Å². The van der Waals surface area contributed by atoms with Crippen molar-refractivity contribution in [3.05, 3.63) is 18.2 Å². The first-order valence-electron chi connectivity index (χ1n) is 10.7. The molecule has 2 atom stereocenters. The molecule has 1 aliphatic heterocycles. The lowest BCUT2D eigenvalue weighted by atomic mass is 9.86. The Morgan fingerprint density at radius 3 is 2.45 bits per heavy atom. The van der Waals surface area contributed by atoms with E-state index in [-0.39, 0.29) is 4.90 Å². The van der Waals surface area contributed by atoms with E-state index in [9.17, 15) is 8.42 Å². The number of benzene rings is 1. The minimum absolute atomic E-state index is 0.275. The Morgan fingerprint density at radius 2 is 1.79 bits per heavy atom. The predicted octanol–water partition coefficient (Wildman–Crippen LogP) is 4.13. The molecule has 162 valence electrons. The number of ether oxygens (including phenoxy) is 1. The van der Waals surface area contributed by atoms with E-state index >= 15 is 0 Å². The Kier molecular flexibility index (Phi) is 7.76. The lowest BCUT2D eigenvalue weighted by Gasteiger charge is -2.30. The highest BCUT2D eigenvalue weighted by Crippen LogP contribution is 2.30. The van der Waals surface area contributed by atoms with Gasteiger partial charge in [0, 0.05) is 19.1 Å². The maximum atomic E-state index is 13.1. The first kappa shape index (κ1) is 22.3. The number of methoxy groups -OCH3 is 1. The number of anilines is 1. The van der Waals surface area contributed by atoms with Crippen LogP contribution in [0.5, 0.6) is 5.75 Å². The fourth-order valence-electron chi connectivity index (χ4n) is 4.23. The van der Waals surface area contributed by atoms with Crippen molar-refractivity contribution in [3.8, 4) is 5.75 Å². The fraction of sp³-hybridized carbons (Fsp3) is 0.667. The first-order chi connectivity index (χ1) is 13.9. The molecule has 2 aliphatic rings. The van der Waals surface area contributed by atoms with Gasteiger partial charge in [-0.2, -0.15) is 4.31 Å². The van der Waals surface area contributed by atoms with E-state index in [1.54, 1.807) is 29.6 Å². The molecule has 8 heteroatoms. The van der Waals surface area contributed by atoms with Gasteiger partial charge in [-0.25, -0.2) is 8.42 Å². The lowest BCUT2D eigenvalue weighted by Crippen LogP contribution is -2.43.